The van der Waals surface area contributed by atoms with E-state index in [9.17, 15) is 22.3 Å². The van der Waals surface area contributed by atoms with Crippen LogP contribution in [0.15, 0.2) is 36.5 Å². The Morgan fingerprint density at radius 1 is 1.38 bits per heavy atom. The summed E-state index contributed by atoms with van der Waals surface area (Å²) in [5.74, 6) is -0.0668. The van der Waals surface area contributed by atoms with Crippen molar-refractivity contribution in [1.29, 1.82) is 5.26 Å². The molecule has 2 heterocycles. The van der Waals surface area contributed by atoms with E-state index in [0.29, 0.717) is 22.3 Å². The molecule has 0 radical (unpaired) electrons. The number of hydrogen-bond acceptors (Lipinski definition) is 8. The standard InChI is InChI=1S/C21H18ClFN4O4S3/c1-2-31-20-7-18-15(6-19(20)27-34(29,30)14-10-32-33(28)11-14)21(12(8-24)9-25-18)26-13-3-4-17(23)16(22)5-13/h3-7,9,14,27H,2,10-11H2,1H3,(H,25,26). The molecule has 13 heteroatoms. The van der Waals surface area contributed by atoms with Crippen molar-refractivity contribution in [2.75, 3.05) is 28.2 Å². The van der Waals surface area contributed by atoms with E-state index in [1.165, 1.54) is 30.5 Å². The number of anilines is 3. The van der Waals surface area contributed by atoms with E-state index in [4.69, 9.17) is 16.3 Å². The second kappa shape index (κ2) is 9.95. The Morgan fingerprint density at radius 3 is 2.82 bits per heavy atom. The normalized spacial score (nSPS) is 17.9. The third kappa shape index (κ3) is 5.07. The van der Waals surface area contributed by atoms with Crippen molar-refractivity contribution in [3.63, 3.8) is 0 Å². The van der Waals surface area contributed by atoms with Crippen molar-refractivity contribution >= 4 is 70.2 Å². The van der Waals surface area contributed by atoms with E-state index in [1.54, 1.807) is 13.0 Å². The molecule has 0 aliphatic carbocycles. The summed E-state index contributed by atoms with van der Waals surface area (Å²) in [5, 5.41) is 12.2. The van der Waals surface area contributed by atoms with Crippen LogP contribution in [0, 0.1) is 17.1 Å². The van der Waals surface area contributed by atoms with Crippen LogP contribution in [-0.4, -0.2) is 41.0 Å². The lowest BCUT2D eigenvalue weighted by Gasteiger charge is -2.18. The van der Waals surface area contributed by atoms with Gasteiger partial charge >= 0.3 is 0 Å². The van der Waals surface area contributed by atoms with E-state index >= 15 is 0 Å². The summed E-state index contributed by atoms with van der Waals surface area (Å²) >= 11 is 5.89. The maximum atomic E-state index is 13.6. The minimum atomic E-state index is -3.86. The summed E-state index contributed by atoms with van der Waals surface area (Å²) in [7, 11) is -4.01. The van der Waals surface area contributed by atoms with E-state index in [-0.39, 0.29) is 40.1 Å². The van der Waals surface area contributed by atoms with Gasteiger partial charge in [-0.15, -0.1) is 0 Å². The van der Waals surface area contributed by atoms with Crippen molar-refractivity contribution in [3.05, 3.63) is 52.9 Å². The van der Waals surface area contributed by atoms with Crippen LogP contribution in [0.3, 0.4) is 0 Å². The van der Waals surface area contributed by atoms with Gasteiger partial charge in [0.25, 0.3) is 0 Å². The maximum absolute atomic E-state index is 13.6. The lowest BCUT2D eigenvalue weighted by Crippen LogP contribution is -2.30. The first kappa shape index (κ1) is 24.5. The highest BCUT2D eigenvalue weighted by atomic mass is 35.5. The average Bonchev–Trinajstić information content (AvgIpc) is 3.24. The van der Waals surface area contributed by atoms with Crippen LogP contribution in [0.1, 0.15) is 12.5 Å². The molecule has 0 spiro atoms. The Hall–Kier alpha value is -2.59. The predicted octanol–water partition coefficient (Wildman–Crippen LogP) is 4.56. The van der Waals surface area contributed by atoms with Crippen LogP contribution in [0.2, 0.25) is 5.02 Å². The van der Waals surface area contributed by atoms with Gasteiger partial charge in [0.1, 0.15) is 22.9 Å². The van der Waals surface area contributed by atoms with Gasteiger partial charge in [-0.1, -0.05) is 22.4 Å². The minimum absolute atomic E-state index is 0.0375. The van der Waals surface area contributed by atoms with Crippen LogP contribution < -0.4 is 14.8 Å². The SMILES string of the molecule is CCOc1cc2ncc(C#N)c(Nc3ccc(F)c(Cl)c3)c2cc1NS(=O)(=O)C1CSS(=O)C1. The topological polar surface area (TPSA) is 121 Å². The van der Waals surface area contributed by atoms with E-state index in [2.05, 4.69) is 21.1 Å². The third-order valence-electron chi connectivity index (χ3n) is 4.98. The van der Waals surface area contributed by atoms with Crippen LogP contribution >= 0.6 is 22.4 Å². The quantitative estimate of drug-likeness (QED) is 0.418. The number of rotatable bonds is 7. The number of hydrogen-bond donors (Lipinski definition) is 2. The molecule has 0 bridgehead atoms. The van der Waals surface area contributed by atoms with Gasteiger partial charge in [-0.05, 0) is 31.2 Å². The number of pyridine rings is 1. The van der Waals surface area contributed by atoms with Gasteiger partial charge < -0.3 is 10.1 Å². The number of nitrogens with one attached hydrogen (secondary N) is 2. The number of ether oxygens (including phenoxy) is 1. The maximum Gasteiger partial charge on any atom is 0.237 e. The Bertz CT molecular complexity index is 1450. The predicted molar refractivity (Wildman–Crippen MR) is 134 cm³/mol. The summed E-state index contributed by atoms with van der Waals surface area (Å²) in [5.41, 5.74) is 1.56. The van der Waals surface area contributed by atoms with Crippen LogP contribution in [0.25, 0.3) is 10.9 Å². The third-order valence-corrected chi connectivity index (χ3v) is 10.5. The monoisotopic (exact) mass is 540 g/mol. The Balaban J connectivity index is 1.83. The molecule has 1 aromatic heterocycles. The first-order valence-corrected chi connectivity index (χ1v) is 14.7. The van der Waals surface area contributed by atoms with Crippen molar-refractivity contribution < 1.29 is 21.8 Å². The molecule has 2 N–H and O–H groups in total. The molecule has 3 aromatic rings. The Morgan fingerprint density at radius 2 is 2.18 bits per heavy atom. The number of fused-ring (bicyclic) bond motifs is 1. The highest BCUT2D eigenvalue weighted by Gasteiger charge is 2.34. The molecule has 2 aromatic carbocycles. The van der Waals surface area contributed by atoms with Crippen molar-refractivity contribution in [2.45, 2.75) is 12.2 Å². The zero-order valence-electron chi connectivity index (χ0n) is 17.7. The summed E-state index contributed by atoms with van der Waals surface area (Å²) < 4.78 is 59.4. The molecule has 2 unspecified atom stereocenters. The molecular weight excluding hydrogens is 523 g/mol. The molecular formula is C21H18ClFN4O4S3. The molecule has 178 valence electrons. The smallest absolute Gasteiger partial charge is 0.237 e. The molecule has 2 atom stereocenters. The number of nitriles is 1. The summed E-state index contributed by atoms with van der Waals surface area (Å²) in [6, 6.07) is 9.18. The second-order valence-corrected chi connectivity index (χ2v) is 12.9. The number of halogens is 2. The summed E-state index contributed by atoms with van der Waals surface area (Å²) in [4.78, 5) is 4.30. The minimum Gasteiger partial charge on any atom is -0.492 e. The fourth-order valence-corrected chi connectivity index (χ4v) is 9.48. The second-order valence-electron chi connectivity index (χ2n) is 7.24. The number of aromatic nitrogens is 1. The van der Waals surface area contributed by atoms with Gasteiger partial charge in [0.2, 0.25) is 10.0 Å². The average molecular weight is 541 g/mol. The van der Waals surface area contributed by atoms with E-state index < -0.39 is 30.9 Å². The fourth-order valence-electron chi connectivity index (χ4n) is 3.33. The first-order valence-electron chi connectivity index (χ1n) is 9.97. The van der Waals surface area contributed by atoms with Crippen LogP contribution in [-0.2, 0) is 19.9 Å². The summed E-state index contributed by atoms with van der Waals surface area (Å²) in [6.07, 6.45) is 1.38. The summed E-state index contributed by atoms with van der Waals surface area (Å²) in [6.45, 7) is 2.04. The molecule has 4 rings (SSSR count). The van der Waals surface area contributed by atoms with Crippen molar-refractivity contribution in [3.8, 4) is 11.8 Å². The zero-order chi connectivity index (χ0) is 24.5. The highest BCUT2D eigenvalue weighted by molar-refractivity contribution is 8.69. The van der Waals surface area contributed by atoms with Crippen molar-refractivity contribution in [1.82, 2.24) is 4.98 Å². The van der Waals surface area contributed by atoms with Gasteiger partial charge in [0.05, 0.1) is 49.7 Å². The zero-order valence-corrected chi connectivity index (χ0v) is 20.9. The van der Waals surface area contributed by atoms with Gasteiger partial charge in [0.15, 0.2) is 0 Å². The molecule has 0 amide bonds. The van der Waals surface area contributed by atoms with Gasteiger partial charge in [0, 0.05) is 29.1 Å². The molecule has 8 nitrogen and oxygen atoms in total. The largest absolute Gasteiger partial charge is 0.492 e. The van der Waals surface area contributed by atoms with Crippen LogP contribution in [0.5, 0.6) is 5.75 Å². The molecule has 0 saturated carbocycles. The lowest BCUT2D eigenvalue weighted by atomic mass is 10.1. The first-order chi connectivity index (χ1) is 16.2. The van der Waals surface area contributed by atoms with Gasteiger partial charge in [-0.25, -0.2) is 17.0 Å². The van der Waals surface area contributed by atoms with Crippen LogP contribution in [0.4, 0.5) is 21.5 Å². The molecule has 1 aliphatic heterocycles. The van der Waals surface area contributed by atoms with E-state index in [1.807, 2.05) is 0 Å². The number of benzene rings is 2. The molecule has 1 aliphatic rings. The van der Waals surface area contributed by atoms with Gasteiger partial charge in [-0.2, -0.15) is 5.26 Å². The number of sulfonamides is 1. The lowest BCUT2D eigenvalue weighted by molar-refractivity contribution is 0.342. The Kier molecular flexibility index (Phi) is 7.18. The molecule has 34 heavy (non-hydrogen) atoms. The molecule has 1 fully saturated rings. The van der Waals surface area contributed by atoms with Gasteiger partial charge in [-0.3, -0.25) is 9.71 Å². The highest BCUT2D eigenvalue weighted by Crippen LogP contribution is 2.37. The van der Waals surface area contributed by atoms with Crippen molar-refractivity contribution in [2.24, 2.45) is 0 Å². The Labute approximate surface area is 206 Å². The fraction of sp³-hybridized carbons (Fsp3) is 0.238. The molecule has 1 saturated heterocycles. The van der Waals surface area contributed by atoms with E-state index in [0.717, 1.165) is 10.8 Å². The number of nitrogens with zero attached hydrogens (tertiary/aromatic N) is 2.